The zero-order chi connectivity index (χ0) is 10.4. The topological polar surface area (TPSA) is 46.2 Å². The van der Waals surface area contributed by atoms with Crippen molar-refractivity contribution in [3.63, 3.8) is 0 Å². The van der Waals surface area contributed by atoms with E-state index >= 15 is 0 Å². The molecule has 0 saturated heterocycles. The summed E-state index contributed by atoms with van der Waals surface area (Å²) in [6.07, 6.45) is 2.98. The number of carbonyl (C=O) groups excluding carboxylic acids is 2. The molecule has 1 rings (SSSR count). The van der Waals surface area contributed by atoms with Crippen molar-refractivity contribution in [2.24, 2.45) is 0 Å². The van der Waals surface area contributed by atoms with Crippen LogP contribution in [0.15, 0.2) is 36.4 Å². The van der Waals surface area contributed by atoms with Crippen LogP contribution >= 0.6 is 0 Å². The minimum absolute atomic E-state index is 0.354. The van der Waals surface area contributed by atoms with Gasteiger partial charge in [-0.05, 0) is 11.6 Å². The van der Waals surface area contributed by atoms with Gasteiger partial charge in [-0.2, -0.15) is 0 Å². The van der Waals surface area contributed by atoms with Crippen LogP contribution in [0.1, 0.15) is 12.5 Å². The zero-order valence-corrected chi connectivity index (χ0v) is 7.86. The van der Waals surface area contributed by atoms with Gasteiger partial charge in [0.05, 0.1) is 0 Å². The molecule has 2 amide bonds. The maximum atomic E-state index is 11.0. The summed E-state index contributed by atoms with van der Waals surface area (Å²) in [5.74, 6) is -0.755. The summed E-state index contributed by atoms with van der Waals surface area (Å²) in [5, 5.41) is 2.15. The normalized spacial score (nSPS) is 10.1. The fourth-order valence-electron chi connectivity index (χ4n) is 0.951. The smallest absolute Gasteiger partial charge is 0.250 e. The molecule has 0 atom stereocenters. The van der Waals surface area contributed by atoms with Crippen LogP contribution in [0, 0.1) is 0 Å². The summed E-state index contributed by atoms with van der Waals surface area (Å²) in [5.41, 5.74) is 0.922. The highest BCUT2D eigenvalue weighted by Gasteiger charge is 1.96. The summed E-state index contributed by atoms with van der Waals surface area (Å²) >= 11 is 0. The van der Waals surface area contributed by atoms with Crippen molar-refractivity contribution >= 4 is 17.9 Å². The second-order valence-corrected chi connectivity index (χ2v) is 2.79. The van der Waals surface area contributed by atoms with Gasteiger partial charge >= 0.3 is 0 Å². The molecule has 0 aliphatic rings. The quantitative estimate of drug-likeness (QED) is 0.714. The molecule has 0 aliphatic heterocycles. The molecule has 1 N–H and O–H groups in total. The van der Waals surface area contributed by atoms with Crippen molar-refractivity contribution in [1.29, 1.82) is 0 Å². The number of carbonyl (C=O) groups is 2. The molecule has 0 aliphatic carbocycles. The molecule has 0 fully saturated rings. The minimum Gasteiger partial charge on any atom is -0.293 e. The molecule has 0 saturated carbocycles. The molecular formula is C11H11NO2. The first-order chi connectivity index (χ1) is 6.68. The number of amides is 2. The standard InChI is InChI=1S/C11H11NO2/c1-9(13)12-11(14)8-7-10-5-3-2-4-6-10/h2-8H,1H3,(H,12,13,14)/b8-7+. The lowest BCUT2D eigenvalue weighted by molar-refractivity contribution is -0.126. The van der Waals surface area contributed by atoms with Crippen LogP contribution in [-0.2, 0) is 9.59 Å². The average Bonchev–Trinajstić information content (AvgIpc) is 2.15. The Morgan fingerprint density at radius 1 is 1.21 bits per heavy atom. The van der Waals surface area contributed by atoms with Crippen LogP contribution in [-0.4, -0.2) is 11.8 Å². The highest BCUT2D eigenvalue weighted by molar-refractivity contribution is 6.02. The lowest BCUT2D eigenvalue weighted by Gasteiger charge is -1.94. The van der Waals surface area contributed by atoms with Crippen LogP contribution in [0.25, 0.3) is 6.08 Å². The average molecular weight is 189 g/mol. The predicted octanol–water partition coefficient (Wildman–Crippen LogP) is 1.36. The molecule has 0 heterocycles. The molecular weight excluding hydrogens is 178 g/mol. The van der Waals surface area contributed by atoms with Crippen molar-refractivity contribution in [1.82, 2.24) is 5.32 Å². The van der Waals surface area contributed by atoms with Gasteiger partial charge in [0.2, 0.25) is 5.91 Å². The van der Waals surface area contributed by atoms with Crippen LogP contribution in [0.5, 0.6) is 0 Å². The van der Waals surface area contributed by atoms with E-state index in [2.05, 4.69) is 5.32 Å². The Morgan fingerprint density at radius 3 is 2.43 bits per heavy atom. The number of benzene rings is 1. The summed E-state index contributed by atoms with van der Waals surface area (Å²) in [4.78, 5) is 21.5. The number of rotatable bonds is 2. The molecule has 1 aromatic carbocycles. The van der Waals surface area contributed by atoms with Gasteiger partial charge < -0.3 is 0 Å². The lowest BCUT2D eigenvalue weighted by Crippen LogP contribution is -2.25. The first-order valence-corrected chi connectivity index (χ1v) is 4.23. The van der Waals surface area contributed by atoms with E-state index in [-0.39, 0.29) is 5.91 Å². The van der Waals surface area contributed by atoms with Crippen molar-refractivity contribution in [2.45, 2.75) is 6.92 Å². The maximum absolute atomic E-state index is 11.0. The summed E-state index contributed by atoms with van der Waals surface area (Å²) in [6.45, 7) is 1.30. The van der Waals surface area contributed by atoms with E-state index in [0.717, 1.165) is 5.56 Å². The molecule has 0 spiro atoms. The van der Waals surface area contributed by atoms with Crippen LogP contribution in [0.3, 0.4) is 0 Å². The van der Waals surface area contributed by atoms with Gasteiger partial charge in [-0.25, -0.2) is 0 Å². The van der Waals surface area contributed by atoms with Gasteiger partial charge in [-0.15, -0.1) is 0 Å². The fourth-order valence-corrected chi connectivity index (χ4v) is 0.951. The van der Waals surface area contributed by atoms with Crippen LogP contribution < -0.4 is 5.32 Å². The molecule has 0 aromatic heterocycles. The lowest BCUT2D eigenvalue weighted by atomic mass is 10.2. The Labute approximate surface area is 82.4 Å². The molecule has 14 heavy (non-hydrogen) atoms. The Balaban J connectivity index is 2.56. The second-order valence-electron chi connectivity index (χ2n) is 2.79. The van der Waals surface area contributed by atoms with Gasteiger partial charge in [0.15, 0.2) is 0 Å². The molecule has 1 aromatic rings. The van der Waals surface area contributed by atoms with Gasteiger partial charge in [-0.1, -0.05) is 30.3 Å². The Bertz CT molecular complexity index is 355. The van der Waals surface area contributed by atoms with Gasteiger partial charge in [0.25, 0.3) is 5.91 Å². The van der Waals surface area contributed by atoms with E-state index in [0.29, 0.717) is 0 Å². The number of imide groups is 1. The van der Waals surface area contributed by atoms with Crippen molar-refractivity contribution < 1.29 is 9.59 Å². The van der Waals surface area contributed by atoms with Crippen LogP contribution in [0.4, 0.5) is 0 Å². The van der Waals surface area contributed by atoms with Crippen molar-refractivity contribution in [2.75, 3.05) is 0 Å². The third-order valence-electron chi connectivity index (χ3n) is 1.53. The fraction of sp³-hybridized carbons (Fsp3) is 0.0909. The minimum atomic E-state index is -0.402. The first-order valence-electron chi connectivity index (χ1n) is 4.23. The molecule has 0 unspecified atom stereocenters. The van der Waals surface area contributed by atoms with E-state index in [9.17, 15) is 9.59 Å². The number of hydrogen-bond donors (Lipinski definition) is 1. The predicted molar refractivity (Wildman–Crippen MR) is 54.3 cm³/mol. The van der Waals surface area contributed by atoms with E-state index in [1.54, 1.807) is 6.08 Å². The van der Waals surface area contributed by atoms with Crippen LogP contribution in [0.2, 0.25) is 0 Å². The van der Waals surface area contributed by atoms with Gasteiger partial charge in [0.1, 0.15) is 0 Å². The SMILES string of the molecule is CC(=O)NC(=O)/C=C/c1ccccc1. The summed E-state index contributed by atoms with van der Waals surface area (Å²) in [7, 11) is 0. The third-order valence-corrected chi connectivity index (χ3v) is 1.53. The van der Waals surface area contributed by atoms with E-state index < -0.39 is 5.91 Å². The second kappa shape index (κ2) is 4.97. The highest BCUT2D eigenvalue weighted by Crippen LogP contribution is 2.00. The van der Waals surface area contributed by atoms with Crippen molar-refractivity contribution in [3.05, 3.63) is 42.0 Å². The summed E-state index contributed by atoms with van der Waals surface area (Å²) in [6, 6.07) is 9.40. The van der Waals surface area contributed by atoms with Gasteiger partial charge in [-0.3, -0.25) is 14.9 Å². The molecule has 3 heteroatoms. The van der Waals surface area contributed by atoms with E-state index in [1.807, 2.05) is 30.3 Å². The number of nitrogens with one attached hydrogen (secondary N) is 1. The zero-order valence-electron chi connectivity index (χ0n) is 7.86. The Hall–Kier alpha value is -1.90. The monoisotopic (exact) mass is 189 g/mol. The van der Waals surface area contributed by atoms with Crippen molar-refractivity contribution in [3.8, 4) is 0 Å². The Morgan fingerprint density at radius 2 is 1.86 bits per heavy atom. The molecule has 72 valence electrons. The van der Waals surface area contributed by atoms with Gasteiger partial charge in [0, 0.05) is 13.0 Å². The Kier molecular flexibility index (Phi) is 3.61. The molecule has 3 nitrogen and oxygen atoms in total. The largest absolute Gasteiger partial charge is 0.293 e. The highest BCUT2D eigenvalue weighted by atomic mass is 16.2. The first kappa shape index (κ1) is 10.2. The molecule has 0 bridgehead atoms. The van der Waals surface area contributed by atoms with E-state index in [4.69, 9.17) is 0 Å². The third kappa shape index (κ3) is 3.67. The van der Waals surface area contributed by atoms with E-state index in [1.165, 1.54) is 13.0 Å². The molecule has 0 radical (unpaired) electrons. The maximum Gasteiger partial charge on any atom is 0.250 e. The number of hydrogen-bond acceptors (Lipinski definition) is 2. The summed E-state index contributed by atoms with van der Waals surface area (Å²) < 4.78 is 0.